The molecule has 1 atom stereocenters. The third-order valence-electron chi connectivity index (χ3n) is 4.25. The first-order chi connectivity index (χ1) is 11.7. The van der Waals surface area contributed by atoms with Gasteiger partial charge in [0.1, 0.15) is 11.5 Å². The molecule has 0 radical (unpaired) electrons. The molecule has 0 saturated carbocycles. The number of fused-ring (bicyclic) bond motifs is 1. The lowest BCUT2D eigenvalue weighted by atomic mass is 9.89. The number of nitrogens with one attached hydrogen (secondary N) is 1. The monoisotopic (exact) mass is 325 g/mol. The number of benzene rings is 2. The third kappa shape index (κ3) is 3.90. The van der Waals surface area contributed by atoms with Crippen molar-refractivity contribution in [3.8, 4) is 11.5 Å². The predicted molar refractivity (Wildman–Crippen MR) is 97.9 cm³/mol. The molecule has 3 heteroatoms. The van der Waals surface area contributed by atoms with Crippen molar-refractivity contribution in [2.75, 3.05) is 19.8 Å². The van der Waals surface area contributed by atoms with Gasteiger partial charge in [0.2, 0.25) is 0 Å². The molecule has 0 fully saturated rings. The standard InChI is InChI=1S/C21H27NO2/c1-4-23-19-8-9-20-16(12-19)10-11-22-21(20)17-6-5-7-18(13-17)24-14-15(2)3/h5-9,12-13,15,21-22H,4,10-11,14H2,1-3H3. The van der Waals surface area contributed by atoms with Crippen LogP contribution in [0.4, 0.5) is 0 Å². The normalized spacial score (nSPS) is 16.8. The maximum atomic E-state index is 5.89. The summed E-state index contributed by atoms with van der Waals surface area (Å²) < 4.78 is 11.5. The van der Waals surface area contributed by atoms with Gasteiger partial charge in [-0.1, -0.05) is 32.0 Å². The van der Waals surface area contributed by atoms with Gasteiger partial charge >= 0.3 is 0 Å². The molecule has 2 aromatic carbocycles. The third-order valence-corrected chi connectivity index (χ3v) is 4.25. The molecular weight excluding hydrogens is 298 g/mol. The summed E-state index contributed by atoms with van der Waals surface area (Å²) in [6.07, 6.45) is 1.04. The summed E-state index contributed by atoms with van der Waals surface area (Å²) >= 11 is 0. The Morgan fingerprint density at radius 1 is 1.08 bits per heavy atom. The van der Waals surface area contributed by atoms with Crippen LogP contribution < -0.4 is 14.8 Å². The lowest BCUT2D eigenvalue weighted by Gasteiger charge is -2.28. The Labute approximate surface area is 145 Å². The van der Waals surface area contributed by atoms with Gasteiger partial charge in [0, 0.05) is 6.54 Å². The highest BCUT2D eigenvalue weighted by Gasteiger charge is 2.22. The number of ether oxygens (including phenoxy) is 2. The van der Waals surface area contributed by atoms with Gasteiger partial charge in [0.05, 0.1) is 19.3 Å². The number of hydrogen-bond donors (Lipinski definition) is 1. The maximum absolute atomic E-state index is 5.89. The Morgan fingerprint density at radius 3 is 2.71 bits per heavy atom. The van der Waals surface area contributed by atoms with Crippen molar-refractivity contribution in [2.45, 2.75) is 33.2 Å². The highest BCUT2D eigenvalue weighted by Crippen LogP contribution is 2.32. The molecular formula is C21H27NO2. The molecule has 0 aromatic heterocycles. The molecule has 1 unspecified atom stereocenters. The average molecular weight is 325 g/mol. The molecule has 128 valence electrons. The van der Waals surface area contributed by atoms with Gasteiger partial charge in [-0.25, -0.2) is 0 Å². The van der Waals surface area contributed by atoms with E-state index in [-0.39, 0.29) is 6.04 Å². The summed E-state index contributed by atoms with van der Waals surface area (Å²) in [5.41, 5.74) is 3.96. The van der Waals surface area contributed by atoms with Gasteiger partial charge in [-0.3, -0.25) is 0 Å². The minimum Gasteiger partial charge on any atom is -0.494 e. The Bertz CT molecular complexity index is 681. The second-order valence-electron chi connectivity index (χ2n) is 6.71. The van der Waals surface area contributed by atoms with E-state index < -0.39 is 0 Å². The van der Waals surface area contributed by atoms with Gasteiger partial charge in [0.25, 0.3) is 0 Å². The Balaban J connectivity index is 1.85. The molecule has 3 nitrogen and oxygen atoms in total. The Morgan fingerprint density at radius 2 is 1.92 bits per heavy atom. The molecule has 1 aliphatic heterocycles. The predicted octanol–water partition coefficient (Wildman–Crippen LogP) is 4.36. The van der Waals surface area contributed by atoms with Crippen LogP contribution in [0.5, 0.6) is 11.5 Å². The second-order valence-corrected chi connectivity index (χ2v) is 6.71. The van der Waals surface area contributed by atoms with E-state index in [0.717, 1.165) is 31.1 Å². The summed E-state index contributed by atoms with van der Waals surface area (Å²) in [6, 6.07) is 15.1. The Kier molecular flexibility index (Phi) is 5.41. The van der Waals surface area contributed by atoms with Crippen molar-refractivity contribution in [3.63, 3.8) is 0 Å². The second kappa shape index (κ2) is 7.71. The van der Waals surface area contributed by atoms with Crippen molar-refractivity contribution in [3.05, 3.63) is 59.2 Å². The van der Waals surface area contributed by atoms with Crippen LogP contribution in [0.3, 0.4) is 0 Å². The van der Waals surface area contributed by atoms with E-state index >= 15 is 0 Å². The molecule has 0 aliphatic carbocycles. The molecule has 0 bridgehead atoms. The summed E-state index contributed by atoms with van der Waals surface area (Å²) in [5, 5.41) is 3.64. The lowest BCUT2D eigenvalue weighted by Crippen LogP contribution is -2.30. The van der Waals surface area contributed by atoms with Crippen LogP contribution in [0.25, 0.3) is 0 Å². The van der Waals surface area contributed by atoms with E-state index in [1.807, 2.05) is 13.0 Å². The lowest BCUT2D eigenvalue weighted by molar-refractivity contribution is 0.270. The molecule has 0 saturated heterocycles. The highest BCUT2D eigenvalue weighted by molar-refractivity contribution is 5.45. The highest BCUT2D eigenvalue weighted by atomic mass is 16.5. The Hall–Kier alpha value is -2.00. The van der Waals surface area contributed by atoms with E-state index in [0.29, 0.717) is 12.5 Å². The maximum Gasteiger partial charge on any atom is 0.119 e. The minimum absolute atomic E-state index is 0.215. The molecule has 1 heterocycles. The fourth-order valence-electron chi connectivity index (χ4n) is 3.14. The van der Waals surface area contributed by atoms with Crippen molar-refractivity contribution < 1.29 is 9.47 Å². The van der Waals surface area contributed by atoms with Gasteiger partial charge in [-0.05, 0) is 60.2 Å². The van der Waals surface area contributed by atoms with Crippen LogP contribution in [0.1, 0.15) is 43.5 Å². The SMILES string of the molecule is CCOc1ccc2c(c1)CCNC2c1cccc(OCC(C)C)c1. The zero-order chi connectivity index (χ0) is 16.9. The first kappa shape index (κ1) is 16.8. The van der Waals surface area contributed by atoms with E-state index in [1.54, 1.807) is 0 Å². The summed E-state index contributed by atoms with van der Waals surface area (Å²) in [7, 11) is 0. The molecule has 3 rings (SSSR count). The van der Waals surface area contributed by atoms with Gasteiger partial charge in [-0.15, -0.1) is 0 Å². The molecule has 0 amide bonds. The zero-order valence-corrected chi connectivity index (χ0v) is 14.8. The topological polar surface area (TPSA) is 30.5 Å². The molecule has 24 heavy (non-hydrogen) atoms. The first-order valence-corrected chi connectivity index (χ1v) is 8.89. The van der Waals surface area contributed by atoms with E-state index in [9.17, 15) is 0 Å². The zero-order valence-electron chi connectivity index (χ0n) is 14.8. The van der Waals surface area contributed by atoms with Crippen molar-refractivity contribution in [1.82, 2.24) is 5.32 Å². The fourth-order valence-corrected chi connectivity index (χ4v) is 3.14. The van der Waals surface area contributed by atoms with Crippen LogP contribution in [0, 0.1) is 5.92 Å². The van der Waals surface area contributed by atoms with E-state index in [4.69, 9.17) is 9.47 Å². The van der Waals surface area contributed by atoms with Crippen molar-refractivity contribution in [1.29, 1.82) is 0 Å². The largest absolute Gasteiger partial charge is 0.494 e. The summed E-state index contributed by atoms with van der Waals surface area (Å²) in [4.78, 5) is 0. The van der Waals surface area contributed by atoms with Crippen molar-refractivity contribution in [2.24, 2.45) is 5.92 Å². The van der Waals surface area contributed by atoms with E-state index in [2.05, 4.69) is 55.6 Å². The molecule has 1 aliphatic rings. The van der Waals surface area contributed by atoms with Crippen LogP contribution in [-0.4, -0.2) is 19.8 Å². The molecule has 0 spiro atoms. The van der Waals surface area contributed by atoms with E-state index in [1.165, 1.54) is 16.7 Å². The number of hydrogen-bond acceptors (Lipinski definition) is 3. The quantitative estimate of drug-likeness (QED) is 0.856. The van der Waals surface area contributed by atoms with Crippen molar-refractivity contribution >= 4 is 0 Å². The summed E-state index contributed by atoms with van der Waals surface area (Å²) in [6.45, 7) is 8.78. The molecule has 2 aromatic rings. The van der Waals surface area contributed by atoms with Gasteiger partial charge < -0.3 is 14.8 Å². The van der Waals surface area contributed by atoms with Gasteiger partial charge in [-0.2, -0.15) is 0 Å². The fraction of sp³-hybridized carbons (Fsp3) is 0.429. The van der Waals surface area contributed by atoms with Gasteiger partial charge in [0.15, 0.2) is 0 Å². The van der Waals surface area contributed by atoms with Crippen LogP contribution in [-0.2, 0) is 6.42 Å². The first-order valence-electron chi connectivity index (χ1n) is 8.89. The smallest absolute Gasteiger partial charge is 0.119 e. The summed E-state index contributed by atoms with van der Waals surface area (Å²) in [5.74, 6) is 2.44. The van der Waals surface area contributed by atoms with Crippen LogP contribution in [0.2, 0.25) is 0 Å². The minimum atomic E-state index is 0.215. The number of rotatable bonds is 6. The van der Waals surface area contributed by atoms with Crippen LogP contribution >= 0.6 is 0 Å². The van der Waals surface area contributed by atoms with Crippen LogP contribution in [0.15, 0.2) is 42.5 Å². The molecule has 1 N–H and O–H groups in total. The average Bonchev–Trinajstić information content (AvgIpc) is 2.60.